The number of carbonyl (C=O) groups is 5. The molecule has 0 aromatic rings. The first-order valence-electron chi connectivity index (χ1n) is 8.36. The van der Waals surface area contributed by atoms with Crippen molar-refractivity contribution < 1.29 is 52.4 Å². The summed E-state index contributed by atoms with van der Waals surface area (Å²) < 4.78 is 31.4. The molecule has 1 saturated carbocycles. The van der Waals surface area contributed by atoms with Crippen LogP contribution < -0.4 is 0 Å². The molecule has 0 amide bonds. The Morgan fingerprint density at radius 3 is 0.750 bits per heavy atom. The summed E-state index contributed by atoms with van der Waals surface area (Å²) in [7, 11) is 1.24. The van der Waals surface area contributed by atoms with Gasteiger partial charge in [0.2, 0.25) is 0 Å². The Morgan fingerprint density at radius 2 is 0.607 bits per heavy atom. The molecule has 0 bridgehead atoms. The molecule has 0 saturated heterocycles. The lowest BCUT2D eigenvalue weighted by Crippen LogP contribution is -2.68. The van der Waals surface area contributed by atoms with Gasteiger partial charge in [0.15, 0.2) is 30.5 Å². The molecule has 0 spiro atoms. The highest BCUT2D eigenvalue weighted by atomic mass is 16.7. The van der Waals surface area contributed by atoms with Crippen LogP contribution in [0.5, 0.6) is 0 Å². The number of ether oxygens (including phenoxy) is 6. The van der Waals surface area contributed by atoms with E-state index in [1.54, 1.807) is 0 Å². The number of methoxy groups -OCH3 is 1. The van der Waals surface area contributed by atoms with Gasteiger partial charge in [0.05, 0.1) is 0 Å². The quantitative estimate of drug-likeness (QED) is 0.424. The second kappa shape index (κ2) is 10.0. The third-order valence-corrected chi connectivity index (χ3v) is 3.73. The van der Waals surface area contributed by atoms with Crippen LogP contribution in [0.4, 0.5) is 0 Å². The Kier molecular flexibility index (Phi) is 8.35. The lowest BCUT2D eigenvalue weighted by atomic mass is 9.83. The summed E-state index contributed by atoms with van der Waals surface area (Å²) in [5.74, 6) is -3.85. The second-order valence-corrected chi connectivity index (χ2v) is 6.07. The molecule has 158 valence electrons. The molecule has 0 radical (unpaired) electrons. The summed E-state index contributed by atoms with van der Waals surface area (Å²) in [6.45, 7) is 5.49. The fourth-order valence-corrected chi connectivity index (χ4v) is 3.02. The SMILES string of the molecule is COC1C(OC(C)=O)C(OC(C)=O)C(OC(C)=O)C(OC(C)=O)C1OC(C)=O. The summed E-state index contributed by atoms with van der Waals surface area (Å²) in [6, 6.07) is 0. The molecule has 1 fully saturated rings. The molecule has 1 aliphatic carbocycles. The molecule has 28 heavy (non-hydrogen) atoms. The molecule has 4 unspecified atom stereocenters. The molecular formula is C17H24O11. The minimum atomic E-state index is -1.43. The van der Waals surface area contributed by atoms with Crippen LogP contribution in [0, 0.1) is 0 Å². The van der Waals surface area contributed by atoms with E-state index in [2.05, 4.69) is 0 Å². The van der Waals surface area contributed by atoms with Crippen molar-refractivity contribution in [2.24, 2.45) is 0 Å². The van der Waals surface area contributed by atoms with Gasteiger partial charge in [0.1, 0.15) is 6.10 Å². The van der Waals surface area contributed by atoms with Crippen molar-refractivity contribution in [3.05, 3.63) is 0 Å². The van der Waals surface area contributed by atoms with E-state index in [9.17, 15) is 24.0 Å². The van der Waals surface area contributed by atoms with Gasteiger partial charge in [-0.15, -0.1) is 0 Å². The van der Waals surface area contributed by atoms with Crippen LogP contribution in [0.1, 0.15) is 34.6 Å². The third-order valence-electron chi connectivity index (χ3n) is 3.73. The molecule has 0 heterocycles. The van der Waals surface area contributed by atoms with Gasteiger partial charge in [-0.05, 0) is 0 Å². The predicted molar refractivity (Wildman–Crippen MR) is 88.6 cm³/mol. The molecule has 0 N–H and O–H groups in total. The number of hydrogen-bond donors (Lipinski definition) is 0. The Bertz CT molecular complexity index is 585. The summed E-state index contributed by atoms with van der Waals surface area (Å²) >= 11 is 0. The number of esters is 5. The van der Waals surface area contributed by atoms with E-state index in [0.29, 0.717) is 0 Å². The maximum absolute atomic E-state index is 11.6. The molecule has 0 aromatic heterocycles. The first-order chi connectivity index (χ1) is 13.0. The minimum absolute atomic E-state index is 0.752. The van der Waals surface area contributed by atoms with Gasteiger partial charge in [0, 0.05) is 41.7 Å². The average Bonchev–Trinajstić information content (AvgIpc) is 2.52. The first-order valence-corrected chi connectivity index (χ1v) is 8.36. The van der Waals surface area contributed by atoms with Crippen LogP contribution in [-0.4, -0.2) is 73.6 Å². The van der Waals surface area contributed by atoms with E-state index >= 15 is 0 Å². The van der Waals surface area contributed by atoms with Crippen LogP contribution in [0.25, 0.3) is 0 Å². The van der Waals surface area contributed by atoms with Crippen molar-refractivity contribution >= 4 is 29.8 Å². The summed E-state index contributed by atoms with van der Waals surface area (Å²) in [4.78, 5) is 58.1. The zero-order valence-corrected chi connectivity index (χ0v) is 16.5. The van der Waals surface area contributed by atoms with Crippen LogP contribution >= 0.6 is 0 Å². The van der Waals surface area contributed by atoms with Crippen LogP contribution in [0.15, 0.2) is 0 Å². The summed E-state index contributed by atoms with van der Waals surface area (Å²) in [5.41, 5.74) is 0. The smallest absolute Gasteiger partial charge is 0.303 e. The standard InChI is InChI=1S/C17H24O11/c1-7(18)24-13-12(23-6)14(25-8(2)19)16(27-10(4)21)17(28-11(5)22)15(13)26-9(3)20/h12-17H,1-6H3. The monoisotopic (exact) mass is 404 g/mol. The third kappa shape index (κ3) is 6.19. The fourth-order valence-electron chi connectivity index (χ4n) is 3.02. The van der Waals surface area contributed by atoms with E-state index in [-0.39, 0.29) is 0 Å². The van der Waals surface area contributed by atoms with Crippen molar-refractivity contribution in [2.75, 3.05) is 7.11 Å². The van der Waals surface area contributed by atoms with Crippen molar-refractivity contribution in [1.82, 2.24) is 0 Å². The fraction of sp³-hybridized carbons (Fsp3) is 0.706. The second-order valence-electron chi connectivity index (χ2n) is 6.07. The summed E-state index contributed by atoms with van der Waals surface area (Å²) in [5, 5.41) is 0. The highest BCUT2D eigenvalue weighted by Crippen LogP contribution is 2.34. The van der Waals surface area contributed by atoms with E-state index in [1.165, 1.54) is 7.11 Å². The van der Waals surface area contributed by atoms with Gasteiger partial charge >= 0.3 is 29.8 Å². The van der Waals surface area contributed by atoms with Crippen molar-refractivity contribution in [1.29, 1.82) is 0 Å². The first kappa shape index (κ1) is 23.3. The topological polar surface area (TPSA) is 141 Å². The molecule has 4 atom stereocenters. The van der Waals surface area contributed by atoms with Crippen LogP contribution in [0.3, 0.4) is 0 Å². The molecule has 11 nitrogen and oxygen atoms in total. The Labute approximate surface area is 161 Å². The van der Waals surface area contributed by atoms with Crippen molar-refractivity contribution in [2.45, 2.75) is 71.2 Å². The van der Waals surface area contributed by atoms with E-state index in [1.807, 2.05) is 0 Å². The number of carbonyl (C=O) groups excluding carboxylic acids is 5. The maximum atomic E-state index is 11.6. The van der Waals surface area contributed by atoms with Crippen molar-refractivity contribution in [3.8, 4) is 0 Å². The molecule has 1 rings (SSSR count). The van der Waals surface area contributed by atoms with Crippen LogP contribution in [-0.2, 0) is 52.4 Å². The maximum Gasteiger partial charge on any atom is 0.303 e. The van der Waals surface area contributed by atoms with E-state index in [4.69, 9.17) is 28.4 Å². The average molecular weight is 404 g/mol. The van der Waals surface area contributed by atoms with E-state index in [0.717, 1.165) is 34.6 Å². The van der Waals surface area contributed by atoms with Crippen LogP contribution in [0.2, 0.25) is 0 Å². The minimum Gasteiger partial charge on any atom is -0.455 e. The number of rotatable bonds is 6. The van der Waals surface area contributed by atoms with Gasteiger partial charge in [-0.1, -0.05) is 0 Å². The zero-order valence-electron chi connectivity index (χ0n) is 16.5. The van der Waals surface area contributed by atoms with E-state index < -0.39 is 66.5 Å². The van der Waals surface area contributed by atoms with Crippen molar-refractivity contribution in [3.63, 3.8) is 0 Å². The lowest BCUT2D eigenvalue weighted by Gasteiger charge is -2.46. The largest absolute Gasteiger partial charge is 0.455 e. The van der Waals surface area contributed by atoms with Gasteiger partial charge < -0.3 is 28.4 Å². The molecule has 0 aliphatic heterocycles. The van der Waals surface area contributed by atoms with Gasteiger partial charge in [-0.25, -0.2) is 0 Å². The summed E-state index contributed by atoms with van der Waals surface area (Å²) in [6.07, 6.45) is -8.00. The number of hydrogen-bond acceptors (Lipinski definition) is 11. The predicted octanol–water partition coefficient (Wildman–Crippen LogP) is -0.326. The molecule has 11 heteroatoms. The Morgan fingerprint density at radius 1 is 0.429 bits per heavy atom. The highest BCUT2D eigenvalue weighted by molar-refractivity contribution is 5.70. The highest BCUT2D eigenvalue weighted by Gasteiger charge is 2.59. The van der Waals surface area contributed by atoms with Gasteiger partial charge in [-0.2, -0.15) is 0 Å². The molecular weight excluding hydrogens is 380 g/mol. The van der Waals surface area contributed by atoms with Gasteiger partial charge in [0.25, 0.3) is 0 Å². The zero-order chi connectivity index (χ0) is 21.6. The van der Waals surface area contributed by atoms with Gasteiger partial charge in [-0.3, -0.25) is 24.0 Å². The molecule has 1 aliphatic rings. The Balaban J connectivity index is 3.54. The Hall–Kier alpha value is -2.69. The normalized spacial score (nSPS) is 29.2. The molecule has 0 aromatic carbocycles. The lowest BCUT2D eigenvalue weighted by molar-refractivity contribution is -0.259.